The van der Waals surface area contributed by atoms with E-state index in [1.807, 2.05) is 19.9 Å². The summed E-state index contributed by atoms with van der Waals surface area (Å²) in [4.78, 5) is 18.8. The SMILES string of the molecule is CCC1(C)Cc2cc(CN3CCCCCC(O)(C(F)(F)F)c4nnc(o4)-c4nc(c(C(F)(F)F)cc4N)C3=O)ccc2O1. The zero-order chi connectivity index (χ0) is 31.4. The van der Waals surface area contributed by atoms with E-state index in [1.165, 1.54) is 0 Å². The summed E-state index contributed by atoms with van der Waals surface area (Å²) in [5.74, 6) is -2.37. The van der Waals surface area contributed by atoms with Gasteiger partial charge in [-0.25, -0.2) is 4.98 Å². The molecule has 43 heavy (non-hydrogen) atoms. The number of halogens is 6. The number of carbonyl (C=O) groups is 1. The van der Waals surface area contributed by atoms with Gasteiger partial charge in [0.25, 0.3) is 17.7 Å². The monoisotopic (exact) mass is 613 g/mol. The second-order valence-electron chi connectivity index (χ2n) is 11.2. The Labute approximate surface area is 242 Å². The van der Waals surface area contributed by atoms with E-state index in [1.54, 1.807) is 12.1 Å². The number of carbonyl (C=O) groups excluding carboxylic acids is 1. The number of pyridine rings is 1. The largest absolute Gasteiger partial charge is 0.487 e. The minimum Gasteiger partial charge on any atom is -0.487 e. The predicted octanol–water partition coefficient (Wildman–Crippen LogP) is 5.80. The third-order valence-corrected chi connectivity index (χ3v) is 7.93. The highest BCUT2D eigenvalue weighted by Crippen LogP contribution is 2.44. The van der Waals surface area contributed by atoms with Gasteiger partial charge in [0.2, 0.25) is 5.60 Å². The fourth-order valence-electron chi connectivity index (χ4n) is 5.29. The molecule has 1 aromatic carbocycles. The molecule has 2 aliphatic rings. The maximum atomic E-state index is 14.1. The van der Waals surface area contributed by atoms with Crippen molar-refractivity contribution in [1.29, 1.82) is 0 Å². The number of aromatic nitrogens is 3. The Morgan fingerprint density at radius 2 is 1.81 bits per heavy atom. The maximum Gasteiger partial charge on any atom is 0.426 e. The predicted molar refractivity (Wildman–Crippen MR) is 140 cm³/mol. The van der Waals surface area contributed by atoms with E-state index in [0.29, 0.717) is 23.8 Å². The van der Waals surface area contributed by atoms with Crippen LogP contribution >= 0.6 is 0 Å². The normalized spacial score (nSPS) is 23.1. The van der Waals surface area contributed by atoms with Crippen molar-refractivity contribution in [2.45, 2.75) is 82.5 Å². The molecule has 3 aromatic rings. The summed E-state index contributed by atoms with van der Waals surface area (Å²) in [5.41, 5.74) is -0.343. The van der Waals surface area contributed by atoms with E-state index in [4.69, 9.17) is 14.9 Å². The lowest BCUT2D eigenvalue weighted by Crippen LogP contribution is -2.42. The number of alkyl halides is 6. The summed E-state index contributed by atoms with van der Waals surface area (Å²) in [5, 5.41) is 17.4. The Balaban J connectivity index is 1.58. The Kier molecular flexibility index (Phi) is 7.60. The van der Waals surface area contributed by atoms with Gasteiger partial charge in [-0.05, 0) is 55.9 Å². The molecule has 0 aliphatic carbocycles. The number of hydrogen-bond donors (Lipinski definition) is 2. The second-order valence-corrected chi connectivity index (χ2v) is 11.2. The lowest BCUT2D eigenvalue weighted by atomic mass is 9.95. The van der Waals surface area contributed by atoms with Crippen molar-refractivity contribution in [3.05, 3.63) is 52.5 Å². The highest BCUT2D eigenvalue weighted by molar-refractivity contribution is 5.95. The van der Waals surface area contributed by atoms with Crippen LogP contribution in [0.15, 0.2) is 28.7 Å². The first-order valence-electron chi connectivity index (χ1n) is 13.7. The standard InChI is InChI=1S/C28H29F6N5O4/c1-3-25(2)13-16-11-15(7-8-19(16)43-25)14-39-10-6-4-5-9-26(41,28(32,33)34)24-38-37-22(42-24)21-18(35)12-17(27(29,30)31)20(36-21)23(39)40/h7-8,11-12,41H,3-6,9-10,13-14,35H2,1-2H3. The fraction of sp³-hybridized carbons (Fsp3) is 0.500. The summed E-state index contributed by atoms with van der Waals surface area (Å²) in [7, 11) is 0. The molecule has 4 bridgehead atoms. The van der Waals surface area contributed by atoms with Gasteiger partial charge in [0.05, 0.1) is 11.3 Å². The molecule has 2 aromatic heterocycles. The molecule has 0 radical (unpaired) electrons. The van der Waals surface area contributed by atoms with Gasteiger partial charge in [-0.3, -0.25) is 4.79 Å². The van der Waals surface area contributed by atoms with E-state index in [-0.39, 0.29) is 32.4 Å². The molecule has 0 spiro atoms. The van der Waals surface area contributed by atoms with Gasteiger partial charge in [0.1, 0.15) is 17.0 Å². The van der Waals surface area contributed by atoms with Crippen molar-refractivity contribution in [2.75, 3.05) is 12.3 Å². The molecule has 4 heterocycles. The van der Waals surface area contributed by atoms with Crippen molar-refractivity contribution >= 4 is 11.6 Å². The Morgan fingerprint density at radius 1 is 1.07 bits per heavy atom. The van der Waals surface area contributed by atoms with Crippen LogP contribution in [0.5, 0.6) is 5.75 Å². The molecular weight excluding hydrogens is 584 g/mol. The van der Waals surface area contributed by atoms with Crippen LogP contribution < -0.4 is 10.5 Å². The summed E-state index contributed by atoms with van der Waals surface area (Å²) in [6.45, 7) is 3.75. The van der Waals surface area contributed by atoms with Crippen LogP contribution in [0.4, 0.5) is 32.0 Å². The molecule has 5 rings (SSSR count). The topological polar surface area (TPSA) is 128 Å². The minimum absolute atomic E-state index is 0.0966. The number of hydrogen-bond acceptors (Lipinski definition) is 8. The van der Waals surface area contributed by atoms with Gasteiger partial charge in [0.15, 0.2) is 5.69 Å². The van der Waals surface area contributed by atoms with E-state index in [2.05, 4.69) is 15.2 Å². The number of nitrogens with two attached hydrogens (primary N) is 1. The number of nitrogen functional groups attached to an aromatic ring is 1. The third-order valence-electron chi connectivity index (χ3n) is 7.93. The van der Waals surface area contributed by atoms with Crippen molar-refractivity contribution in [3.8, 4) is 17.3 Å². The molecule has 1 amide bonds. The number of fused-ring (bicyclic) bond motifs is 6. The molecule has 2 aliphatic heterocycles. The maximum absolute atomic E-state index is 14.1. The Morgan fingerprint density at radius 3 is 2.49 bits per heavy atom. The van der Waals surface area contributed by atoms with Crippen LogP contribution in [0, 0.1) is 0 Å². The molecule has 15 heteroatoms. The molecule has 0 saturated heterocycles. The van der Waals surface area contributed by atoms with Gasteiger partial charge in [-0.15, -0.1) is 10.2 Å². The lowest BCUT2D eigenvalue weighted by Gasteiger charge is -2.28. The van der Waals surface area contributed by atoms with Crippen molar-refractivity contribution in [1.82, 2.24) is 20.1 Å². The Hall–Kier alpha value is -3.88. The van der Waals surface area contributed by atoms with Crippen molar-refractivity contribution in [3.63, 3.8) is 0 Å². The highest BCUT2D eigenvalue weighted by Gasteiger charge is 2.58. The van der Waals surface area contributed by atoms with Crippen LogP contribution in [0.2, 0.25) is 0 Å². The Bertz CT molecular complexity index is 1540. The molecule has 2 unspecified atom stereocenters. The molecular formula is C28H29F6N5O4. The van der Waals surface area contributed by atoms with Gasteiger partial charge in [0, 0.05) is 19.5 Å². The zero-order valence-corrected chi connectivity index (χ0v) is 23.3. The number of aliphatic hydroxyl groups is 1. The number of amides is 1. The average molecular weight is 614 g/mol. The summed E-state index contributed by atoms with van der Waals surface area (Å²) in [6, 6.07) is 5.73. The van der Waals surface area contributed by atoms with Crippen molar-refractivity contribution < 1.29 is 45.4 Å². The quantitative estimate of drug-likeness (QED) is 0.355. The van der Waals surface area contributed by atoms with Crippen LogP contribution in [0.25, 0.3) is 11.6 Å². The van der Waals surface area contributed by atoms with E-state index in [9.17, 15) is 36.2 Å². The number of benzene rings is 1. The number of rotatable bonds is 3. The van der Waals surface area contributed by atoms with Crippen LogP contribution in [0.1, 0.15) is 79.0 Å². The average Bonchev–Trinajstić information content (AvgIpc) is 3.54. The number of nitrogens with zero attached hydrogens (tertiary/aromatic N) is 4. The van der Waals surface area contributed by atoms with E-state index in [0.717, 1.165) is 16.9 Å². The molecule has 2 atom stereocenters. The molecule has 0 saturated carbocycles. The van der Waals surface area contributed by atoms with Crippen molar-refractivity contribution in [2.24, 2.45) is 0 Å². The first-order valence-corrected chi connectivity index (χ1v) is 13.7. The summed E-state index contributed by atoms with van der Waals surface area (Å²) < 4.78 is 95.4. The summed E-state index contributed by atoms with van der Waals surface area (Å²) >= 11 is 0. The van der Waals surface area contributed by atoms with Gasteiger partial charge >= 0.3 is 12.4 Å². The second kappa shape index (κ2) is 10.7. The fourth-order valence-corrected chi connectivity index (χ4v) is 5.29. The first-order chi connectivity index (χ1) is 20.0. The minimum atomic E-state index is -5.20. The van der Waals surface area contributed by atoms with Crippen LogP contribution in [-0.2, 0) is 24.7 Å². The van der Waals surface area contributed by atoms with E-state index < -0.39 is 70.3 Å². The molecule has 3 N–H and O–H groups in total. The van der Waals surface area contributed by atoms with Crippen LogP contribution in [-0.4, -0.2) is 49.4 Å². The lowest BCUT2D eigenvalue weighted by molar-refractivity contribution is -0.277. The molecule has 232 valence electrons. The zero-order valence-electron chi connectivity index (χ0n) is 23.3. The van der Waals surface area contributed by atoms with Crippen LogP contribution in [0.3, 0.4) is 0 Å². The molecule has 9 nitrogen and oxygen atoms in total. The third kappa shape index (κ3) is 5.74. The highest BCUT2D eigenvalue weighted by atomic mass is 19.4. The van der Waals surface area contributed by atoms with Gasteiger partial charge < -0.3 is 24.9 Å². The van der Waals surface area contributed by atoms with Gasteiger partial charge in [-0.1, -0.05) is 25.5 Å². The number of anilines is 1. The molecule has 0 fully saturated rings. The number of ether oxygens (including phenoxy) is 1. The first kappa shape index (κ1) is 30.6. The van der Waals surface area contributed by atoms with Gasteiger partial charge in [-0.2, -0.15) is 26.3 Å². The van der Waals surface area contributed by atoms with E-state index >= 15 is 0 Å². The smallest absolute Gasteiger partial charge is 0.426 e. The summed E-state index contributed by atoms with van der Waals surface area (Å²) in [6.07, 6.45) is -9.66.